The predicted molar refractivity (Wildman–Crippen MR) is 58.7 cm³/mol. The maximum absolute atomic E-state index is 13.6. The van der Waals surface area contributed by atoms with Gasteiger partial charge in [0.05, 0.1) is 5.56 Å². The third-order valence-electron chi connectivity index (χ3n) is 2.67. The summed E-state index contributed by atoms with van der Waals surface area (Å²) in [5, 5.41) is 10.9. The highest BCUT2D eigenvalue weighted by molar-refractivity contribution is 5.69. The Labute approximate surface area is 112 Å². The van der Waals surface area contributed by atoms with Crippen LogP contribution in [0.15, 0.2) is 17.3 Å². The first-order chi connectivity index (χ1) is 9.81. The van der Waals surface area contributed by atoms with Gasteiger partial charge in [-0.3, -0.25) is 0 Å². The van der Waals surface area contributed by atoms with E-state index in [2.05, 4.69) is 5.18 Å². The molecule has 2 aromatic rings. The fourth-order valence-electron chi connectivity index (χ4n) is 1.66. The molecule has 2 rings (SSSR count). The van der Waals surface area contributed by atoms with Gasteiger partial charge in [-0.2, -0.15) is 8.78 Å². The van der Waals surface area contributed by atoms with Gasteiger partial charge in [-0.15, -0.1) is 4.91 Å². The number of nitroso groups, excluding NO2 is 1. The average molecular weight is 307 g/mol. The number of hydrogen-bond donors (Lipinski definition) is 1. The molecule has 0 radical (unpaired) electrons. The molecule has 1 N–H and O–H groups in total. The van der Waals surface area contributed by atoms with E-state index in [1.165, 1.54) is 0 Å². The third kappa shape index (κ3) is 2.10. The van der Waals surface area contributed by atoms with E-state index >= 15 is 0 Å². The predicted octanol–water partition coefficient (Wildman–Crippen LogP) is 4.29. The molecule has 2 aromatic carbocycles. The number of phenolic OH excluding ortho intramolecular Hbond substituents is 1. The second-order valence-electron chi connectivity index (χ2n) is 3.83. The summed E-state index contributed by atoms with van der Waals surface area (Å²) in [4.78, 5) is 10.2. The first-order valence-corrected chi connectivity index (χ1v) is 5.17. The standard InChI is InChI=1S/C12H3F6NO2/c13-6-3(1-2-4(19-21)7(6)14)5-8(15)10(17)12(20)11(18)9(5)16/h1-2,20H. The summed E-state index contributed by atoms with van der Waals surface area (Å²) in [6, 6.07) is 1.09. The molecule has 0 unspecified atom stereocenters. The van der Waals surface area contributed by atoms with Gasteiger partial charge in [0, 0.05) is 5.56 Å². The van der Waals surface area contributed by atoms with E-state index in [4.69, 9.17) is 5.11 Å². The highest BCUT2D eigenvalue weighted by Gasteiger charge is 2.29. The van der Waals surface area contributed by atoms with Gasteiger partial charge in [-0.05, 0) is 17.3 Å². The fourth-order valence-corrected chi connectivity index (χ4v) is 1.66. The van der Waals surface area contributed by atoms with Gasteiger partial charge in [-0.25, -0.2) is 17.6 Å². The van der Waals surface area contributed by atoms with Crippen LogP contribution < -0.4 is 0 Å². The molecule has 0 aromatic heterocycles. The number of phenols is 1. The molecule has 3 nitrogen and oxygen atoms in total. The van der Waals surface area contributed by atoms with Crippen molar-refractivity contribution in [3.05, 3.63) is 51.9 Å². The van der Waals surface area contributed by atoms with Crippen LogP contribution in [0.25, 0.3) is 11.1 Å². The van der Waals surface area contributed by atoms with Gasteiger partial charge in [0.25, 0.3) is 0 Å². The van der Waals surface area contributed by atoms with Crippen LogP contribution in [0.2, 0.25) is 0 Å². The Kier molecular flexibility index (Phi) is 3.58. The van der Waals surface area contributed by atoms with Crippen LogP contribution >= 0.6 is 0 Å². The molecule has 0 fully saturated rings. The average Bonchev–Trinajstić information content (AvgIpc) is 2.47. The van der Waals surface area contributed by atoms with Gasteiger partial charge in [0.15, 0.2) is 29.0 Å². The summed E-state index contributed by atoms with van der Waals surface area (Å²) in [5.74, 6) is -14.2. The van der Waals surface area contributed by atoms with Crippen molar-refractivity contribution in [3.8, 4) is 16.9 Å². The lowest BCUT2D eigenvalue weighted by Crippen LogP contribution is -2.02. The lowest BCUT2D eigenvalue weighted by molar-refractivity contribution is 0.358. The molecule has 0 aliphatic heterocycles. The van der Waals surface area contributed by atoms with Crippen LogP contribution in [0.1, 0.15) is 0 Å². The summed E-state index contributed by atoms with van der Waals surface area (Å²) in [5.41, 5.74) is -3.72. The Balaban J connectivity index is 2.86. The van der Waals surface area contributed by atoms with Crippen molar-refractivity contribution >= 4 is 5.69 Å². The van der Waals surface area contributed by atoms with Gasteiger partial charge >= 0.3 is 0 Å². The van der Waals surface area contributed by atoms with E-state index in [-0.39, 0.29) is 0 Å². The van der Waals surface area contributed by atoms with Crippen LogP contribution in [0.3, 0.4) is 0 Å². The quantitative estimate of drug-likeness (QED) is 0.511. The van der Waals surface area contributed by atoms with Gasteiger partial charge in [-0.1, -0.05) is 0 Å². The van der Waals surface area contributed by atoms with Crippen molar-refractivity contribution < 1.29 is 31.4 Å². The lowest BCUT2D eigenvalue weighted by Gasteiger charge is -2.10. The molecule has 9 heteroatoms. The molecule has 0 heterocycles. The molecule has 0 aliphatic rings. The molecule has 0 aliphatic carbocycles. The van der Waals surface area contributed by atoms with E-state index in [1.54, 1.807) is 0 Å². The molecule has 21 heavy (non-hydrogen) atoms. The third-order valence-corrected chi connectivity index (χ3v) is 2.67. The Bertz CT molecular complexity index is 733. The molecule has 0 amide bonds. The monoisotopic (exact) mass is 307 g/mol. The minimum Gasteiger partial charge on any atom is -0.503 e. The van der Waals surface area contributed by atoms with E-state index in [9.17, 15) is 31.2 Å². The van der Waals surface area contributed by atoms with Gasteiger partial charge < -0.3 is 5.11 Å². The molecule has 0 atom stereocenters. The van der Waals surface area contributed by atoms with Crippen LogP contribution in [0.4, 0.5) is 32.0 Å². The van der Waals surface area contributed by atoms with Crippen LogP contribution in [-0.2, 0) is 0 Å². The summed E-state index contributed by atoms with van der Waals surface area (Å²) in [6.45, 7) is 0. The Hall–Kier alpha value is -2.58. The first kappa shape index (κ1) is 14.8. The zero-order chi connectivity index (χ0) is 15.9. The summed E-state index contributed by atoms with van der Waals surface area (Å²) >= 11 is 0. The fraction of sp³-hybridized carbons (Fsp3) is 0. The van der Waals surface area contributed by atoms with Crippen molar-refractivity contribution in [1.82, 2.24) is 0 Å². The molecule has 0 spiro atoms. The number of aromatic hydroxyl groups is 1. The Morgan fingerprint density at radius 3 is 1.76 bits per heavy atom. The SMILES string of the molecule is O=Nc1ccc(-c2c(F)c(F)c(O)c(F)c2F)c(F)c1F. The largest absolute Gasteiger partial charge is 0.503 e. The Morgan fingerprint density at radius 2 is 1.29 bits per heavy atom. The van der Waals surface area contributed by atoms with E-state index < -0.39 is 57.5 Å². The zero-order valence-corrected chi connectivity index (χ0v) is 9.73. The molecule has 0 bridgehead atoms. The number of benzene rings is 2. The maximum Gasteiger partial charge on any atom is 0.204 e. The first-order valence-electron chi connectivity index (χ1n) is 5.17. The van der Waals surface area contributed by atoms with Crippen LogP contribution in [0.5, 0.6) is 5.75 Å². The smallest absolute Gasteiger partial charge is 0.204 e. The van der Waals surface area contributed by atoms with Crippen molar-refractivity contribution in [2.45, 2.75) is 0 Å². The van der Waals surface area contributed by atoms with E-state index in [1.807, 2.05) is 0 Å². The molecule has 110 valence electrons. The number of rotatable bonds is 2. The van der Waals surface area contributed by atoms with E-state index in [0.717, 1.165) is 0 Å². The Morgan fingerprint density at radius 1 is 0.762 bits per heavy atom. The lowest BCUT2D eigenvalue weighted by atomic mass is 10.0. The topological polar surface area (TPSA) is 49.7 Å². The normalized spacial score (nSPS) is 10.8. The minimum absolute atomic E-state index is 0.520. The highest BCUT2D eigenvalue weighted by Crippen LogP contribution is 2.38. The minimum atomic E-state index is -2.17. The van der Waals surface area contributed by atoms with Crippen molar-refractivity contribution in [3.63, 3.8) is 0 Å². The molecule has 0 saturated carbocycles. The van der Waals surface area contributed by atoms with Crippen molar-refractivity contribution in [1.29, 1.82) is 0 Å². The van der Waals surface area contributed by atoms with E-state index in [0.29, 0.717) is 12.1 Å². The van der Waals surface area contributed by atoms with Gasteiger partial charge in [0.1, 0.15) is 5.69 Å². The summed E-state index contributed by atoms with van der Waals surface area (Å²) in [6.07, 6.45) is 0. The highest BCUT2D eigenvalue weighted by atomic mass is 19.2. The second-order valence-corrected chi connectivity index (χ2v) is 3.83. The molecular weight excluding hydrogens is 304 g/mol. The van der Waals surface area contributed by atoms with Gasteiger partial charge in [0.2, 0.25) is 11.6 Å². The van der Waals surface area contributed by atoms with Crippen molar-refractivity contribution in [2.24, 2.45) is 5.18 Å². The molecular formula is C12H3F6NO2. The zero-order valence-electron chi connectivity index (χ0n) is 9.73. The molecule has 0 saturated heterocycles. The number of hydrogen-bond acceptors (Lipinski definition) is 3. The van der Waals surface area contributed by atoms with Crippen molar-refractivity contribution in [2.75, 3.05) is 0 Å². The van der Waals surface area contributed by atoms with Crippen LogP contribution in [0, 0.1) is 39.8 Å². The summed E-state index contributed by atoms with van der Waals surface area (Å²) in [7, 11) is 0. The number of nitrogens with zero attached hydrogens (tertiary/aromatic N) is 1. The number of halogens is 6. The second kappa shape index (κ2) is 5.08. The maximum atomic E-state index is 13.6. The van der Waals surface area contributed by atoms with Crippen LogP contribution in [-0.4, -0.2) is 5.11 Å². The summed E-state index contributed by atoms with van der Waals surface area (Å²) < 4.78 is 80.5.